The highest BCUT2D eigenvalue weighted by molar-refractivity contribution is 7.26. The molecule has 0 aromatic carbocycles. The Morgan fingerprint density at radius 1 is 1.25 bits per heavy atom. The van der Waals surface area contributed by atoms with Crippen LogP contribution in [0, 0.1) is 0 Å². The molecule has 5 nitrogen and oxygen atoms in total. The molecule has 4 rings (SSSR count). The number of unbranched alkanes of at least 4 members (excludes halogenated alkanes) is 1. The predicted octanol–water partition coefficient (Wildman–Crippen LogP) is 3.48. The topological polar surface area (TPSA) is 70.9 Å². The van der Waals surface area contributed by atoms with E-state index in [1.165, 1.54) is 41.5 Å². The van der Waals surface area contributed by atoms with E-state index in [0.717, 1.165) is 40.1 Å². The van der Waals surface area contributed by atoms with Crippen LogP contribution in [0.2, 0.25) is 0 Å². The maximum atomic E-state index is 9.07. The fourth-order valence-corrected chi connectivity index (χ4v) is 4.77. The number of thiophene rings is 1. The number of hydrogen-bond acceptors (Lipinski definition) is 6. The zero-order valence-corrected chi connectivity index (χ0v) is 14.7. The van der Waals surface area contributed by atoms with Gasteiger partial charge in [-0.3, -0.25) is 0 Å². The first-order valence-electron chi connectivity index (χ1n) is 8.76. The van der Waals surface area contributed by atoms with Crippen LogP contribution in [0.5, 0.6) is 0 Å². The molecule has 0 spiro atoms. The largest absolute Gasteiger partial charge is 0.395 e. The Hall–Kier alpha value is -1.79. The van der Waals surface area contributed by atoms with Crippen LogP contribution in [0.3, 0.4) is 0 Å². The van der Waals surface area contributed by atoms with E-state index >= 15 is 0 Å². The molecule has 0 amide bonds. The lowest BCUT2D eigenvalue weighted by molar-refractivity contribution is 0.311. The summed E-state index contributed by atoms with van der Waals surface area (Å²) < 4.78 is 1.05. The van der Waals surface area contributed by atoms with Crippen molar-refractivity contribution in [1.29, 1.82) is 0 Å². The monoisotopic (exact) mass is 342 g/mol. The van der Waals surface area contributed by atoms with Gasteiger partial charge in [-0.25, -0.2) is 15.0 Å². The standard InChI is InChI=1S/C18H22N4OS/c1-2-3-7-13-11-5-4-6-12(11)14-15-16(24-18(14)22-13)17(19-8-9-23)21-10-20-15/h10,23H,2-9H2,1H3,(H,19,20,21). The van der Waals surface area contributed by atoms with Gasteiger partial charge in [-0.2, -0.15) is 0 Å². The summed E-state index contributed by atoms with van der Waals surface area (Å²) in [6, 6.07) is 0. The average Bonchev–Trinajstić information content (AvgIpc) is 3.21. The molecule has 24 heavy (non-hydrogen) atoms. The van der Waals surface area contributed by atoms with Crippen molar-refractivity contribution in [3.05, 3.63) is 23.1 Å². The van der Waals surface area contributed by atoms with Gasteiger partial charge in [0.1, 0.15) is 17.0 Å². The molecule has 0 aliphatic heterocycles. The molecular weight excluding hydrogens is 320 g/mol. The van der Waals surface area contributed by atoms with E-state index in [9.17, 15) is 0 Å². The summed E-state index contributed by atoms with van der Waals surface area (Å²) in [5, 5.41) is 13.5. The van der Waals surface area contributed by atoms with Gasteiger partial charge in [-0.05, 0) is 43.2 Å². The summed E-state index contributed by atoms with van der Waals surface area (Å²) in [5.41, 5.74) is 5.24. The maximum Gasteiger partial charge on any atom is 0.147 e. The number of rotatable bonds is 6. The number of aromatic nitrogens is 3. The Morgan fingerprint density at radius 2 is 2.12 bits per heavy atom. The fraction of sp³-hybridized carbons (Fsp3) is 0.500. The molecule has 6 heteroatoms. The van der Waals surface area contributed by atoms with E-state index in [1.807, 2.05) is 0 Å². The molecule has 0 fully saturated rings. The molecule has 0 saturated carbocycles. The summed E-state index contributed by atoms with van der Waals surface area (Å²) in [5.74, 6) is 0.805. The smallest absolute Gasteiger partial charge is 0.147 e. The Morgan fingerprint density at radius 3 is 2.96 bits per heavy atom. The van der Waals surface area contributed by atoms with Crippen LogP contribution in [0.4, 0.5) is 5.82 Å². The number of anilines is 1. The first-order chi connectivity index (χ1) is 11.8. The number of aliphatic hydroxyl groups is 1. The molecule has 0 unspecified atom stereocenters. The van der Waals surface area contributed by atoms with Gasteiger partial charge >= 0.3 is 0 Å². The van der Waals surface area contributed by atoms with Gasteiger partial charge in [0.2, 0.25) is 0 Å². The highest BCUT2D eigenvalue weighted by Crippen LogP contribution is 2.41. The molecule has 2 N–H and O–H groups in total. The average molecular weight is 342 g/mol. The highest BCUT2D eigenvalue weighted by atomic mass is 32.1. The summed E-state index contributed by atoms with van der Waals surface area (Å²) in [4.78, 5) is 15.0. The lowest BCUT2D eigenvalue weighted by Crippen LogP contribution is -2.06. The third-order valence-electron chi connectivity index (χ3n) is 4.73. The lowest BCUT2D eigenvalue weighted by atomic mass is 10.0. The van der Waals surface area contributed by atoms with Crippen LogP contribution < -0.4 is 5.32 Å². The van der Waals surface area contributed by atoms with Gasteiger partial charge < -0.3 is 10.4 Å². The normalized spacial score (nSPS) is 13.8. The van der Waals surface area contributed by atoms with Crippen molar-refractivity contribution in [3.8, 4) is 0 Å². The van der Waals surface area contributed by atoms with Gasteiger partial charge in [-0.1, -0.05) is 13.3 Å². The number of pyridine rings is 1. The maximum absolute atomic E-state index is 9.07. The minimum absolute atomic E-state index is 0.0885. The number of fused-ring (bicyclic) bond motifs is 5. The number of aliphatic hydroxyl groups excluding tert-OH is 1. The van der Waals surface area contributed by atoms with Crippen LogP contribution in [-0.4, -0.2) is 33.2 Å². The van der Waals surface area contributed by atoms with Crippen molar-refractivity contribution in [2.75, 3.05) is 18.5 Å². The number of aryl methyl sites for hydroxylation is 2. The molecule has 0 bridgehead atoms. The summed E-state index contributed by atoms with van der Waals surface area (Å²) in [6.07, 6.45) is 8.57. The van der Waals surface area contributed by atoms with Crippen LogP contribution >= 0.6 is 11.3 Å². The van der Waals surface area contributed by atoms with E-state index in [2.05, 4.69) is 22.2 Å². The van der Waals surface area contributed by atoms with Crippen LogP contribution in [-0.2, 0) is 19.3 Å². The van der Waals surface area contributed by atoms with E-state index in [0.29, 0.717) is 6.54 Å². The second kappa shape index (κ2) is 6.61. The van der Waals surface area contributed by atoms with Crippen molar-refractivity contribution in [3.63, 3.8) is 0 Å². The molecule has 3 heterocycles. The first kappa shape index (κ1) is 15.7. The second-order valence-electron chi connectivity index (χ2n) is 6.31. The van der Waals surface area contributed by atoms with Gasteiger partial charge in [0.05, 0.1) is 16.8 Å². The molecule has 3 aromatic heterocycles. The van der Waals surface area contributed by atoms with Crippen molar-refractivity contribution in [2.45, 2.75) is 45.4 Å². The summed E-state index contributed by atoms with van der Waals surface area (Å²) >= 11 is 1.67. The van der Waals surface area contributed by atoms with Crippen molar-refractivity contribution in [2.24, 2.45) is 0 Å². The Balaban J connectivity index is 1.92. The fourth-order valence-electron chi connectivity index (χ4n) is 3.63. The molecule has 1 aliphatic carbocycles. The molecule has 0 radical (unpaired) electrons. The van der Waals surface area contributed by atoms with E-state index in [1.54, 1.807) is 17.7 Å². The quantitative estimate of drug-likeness (QED) is 0.718. The third kappa shape index (κ3) is 2.54. The Bertz CT molecular complexity index is 890. The van der Waals surface area contributed by atoms with E-state index in [-0.39, 0.29) is 6.61 Å². The Kier molecular flexibility index (Phi) is 4.33. The minimum Gasteiger partial charge on any atom is -0.395 e. The van der Waals surface area contributed by atoms with Crippen molar-refractivity contribution < 1.29 is 5.11 Å². The highest BCUT2D eigenvalue weighted by Gasteiger charge is 2.23. The molecule has 1 aliphatic rings. The number of nitrogens with zero attached hydrogens (tertiary/aromatic N) is 3. The minimum atomic E-state index is 0.0885. The summed E-state index contributed by atoms with van der Waals surface area (Å²) in [7, 11) is 0. The van der Waals surface area contributed by atoms with Crippen LogP contribution in [0.25, 0.3) is 20.4 Å². The second-order valence-corrected chi connectivity index (χ2v) is 7.30. The van der Waals surface area contributed by atoms with E-state index in [4.69, 9.17) is 10.1 Å². The third-order valence-corrected chi connectivity index (χ3v) is 5.81. The number of nitrogens with one attached hydrogen (secondary N) is 1. The van der Waals surface area contributed by atoms with Crippen LogP contribution in [0.15, 0.2) is 6.33 Å². The van der Waals surface area contributed by atoms with Crippen LogP contribution in [0.1, 0.15) is 43.0 Å². The first-order valence-corrected chi connectivity index (χ1v) is 9.57. The van der Waals surface area contributed by atoms with Gasteiger partial charge in [0.15, 0.2) is 0 Å². The van der Waals surface area contributed by atoms with Gasteiger partial charge in [-0.15, -0.1) is 11.3 Å². The SMILES string of the molecule is CCCCc1nc2sc3c(NCCO)ncnc3c2c2c1CCC2. The molecule has 3 aromatic rings. The van der Waals surface area contributed by atoms with Gasteiger partial charge in [0.25, 0.3) is 0 Å². The Labute approximate surface area is 145 Å². The number of hydrogen-bond donors (Lipinski definition) is 2. The van der Waals surface area contributed by atoms with Crippen molar-refractivity contribution >= 4 is 37.6 Å². The molecule has 0 saturated heterocycles. The summed E-state index contributed by atoms with van der Waals surface area (Å²) in [6.45, 7) is 2.81. The molecule has 0 atom stereocenters. The molecule has 126 valence electrons. The molecular formula is C18H22N4OS. The van der Waals surface area contributed by atoms with E-state index < -0.39 is 0 Å². The lowest BCUT2D eigenvalue weighted by Gasteiger charge is -2.08. The predicted molar refractivity (Wildman–Crippen MR) is 98.9 cm³/mol. The zero-order valence-electron chi connectivity index (χ0n) is 13.9. The zero-order chi connectivity index (χ0) is 16.5. The van der Waals surface area contributed by atoms with Gasteiger partial charge in [0, 0.05) is 17.6 Å². The van der Waals surface area contributed by atoms with Crippen molar-refractivity contribution in [1.82, 2.24) is 15.0 Å².